The van der Waals surface area contributed by atoms with Crippen LogP contribution in [0.25, 0.3) is 0 Å². The standard InChI is InChI=1S/C14H12Cl2/c15-14(16,13-9-5-2-6-10-13)11-12-7-3-1-4-8-12/h1-10H,11H2. The van der Waals surface area contributed by atoms with E-state index in [1.807, 2.05) is 60.7 Å². The molecule has 0 aliphatic carbocycles. The van der Waals surface area contributed by atoms with Crippen molar-refractivity contribution in [2.75, 3.05) is 0 Å². The molecule has 0 nitrogen and oxygen atoms in total. The summed E-state index contributed by atoms with van der Waals surface area (Å²) in [5.74, 6) is 0. The van der Waals surface area contributed by atoms with Crippen molar-refractivity contribution in [3.8, 4) is 0 Å². The summed E-state index contributed by atoms with van der Waals surface area (Å²) in [6.07, 6.45) is 0.612. The summed E-state index contributed by atoms with van der Waals surface area (Å²) in [4.78, 5) is 0. The van der Waals surface area contributed by atoms with Crippen molar-refractivity contribution in [1.82, 2.24) is 0 Å². The highest BCUT2D eigenvalue weighted by atomic mass is 35.5. The van der Waals surface area contributed by atoms with Crippen LogP contribution < -0.4 is 0 Å². The van der Waals surface area contributed by atoms with Crippen LogP contribution >= 0.6 is 23.2 Å². The Morgan fingerprint density at radius 1 is 0.750 bits per heavy atom. The van der Waals surface area contributed by atoms with Gasteiger partial charge in [-0.25, -0.2) is 0 Å². The van der Waals surface area contributed by atoms with Crippen molar-refractivity contribution in [1.29, 1.82) is 0 Å². The predicted molar refractivity (Wildman–Crippen MR) is 70.0 cm³/mol. The molecule has 2 aromatic carbocycles. The van der Waals surface area contributed by atoms with Crippen LogP contribution in [0.5, 0.6) is 0 Å². The first-order chi connectivity index (χ1) is 7.68. The summed E-state index contributed by atoms with van der Waals surface area (Å²) in [7, 11) is 0. The van der Waals surface area contributed by atoms with E-state index in [-0.39, 0.29) is 0 Å². The second kappa shape index (κ2) is 4.90. The molecule has 0 radical (unpaired) electrons. The molecule has 16 heavy (non-hydrogen) atoms. The summed E-state index contributed by atoms with van der Waals surface area (Å²) in [6, 6.07) is 19.8. The van der Waals surface area contributed by atoms with E-state index in [9.17, 15) is 0 Å². The first-order valence-electron chi connectivity index (χ1n) is 5.16. The molecule has 0 aliphatic heterocycles. The molecule has 0 bridgehead atoms. The number of rotatable bonds is 3. The van der Waals surface area contributed by atoms with Crippen LogP contribution in [0.2, 0.25) is 0 Å². The average Bonchev–Trinajstić information content (AvgIpc) is 2.31. The molecule has 2 heteroatoms. The molecule has 0 amide bonds. The molecule has 0 spiro atoms. The lowest BCUT2D eigenvalue weighted by Crippen LogP contribution is -2.13. The third-order valence-corrected chi connectivity index (χ3v) is 3.17. The van der Waals surface area contributed by atoms with Crippen molar-refractivity contribution in [3.63, 3.8) is 0 Å². The van der Waals surface area contributed by atoms with Crippen molar-refractivity contribution in [3.05, 3.63) is 71.8 Å². The molecule has 2 rings (SSSR count). The summed E-state index contributed by atoms with van der Waals surface area (Å²) < 4.78 is -0.859. The van der Waals surface area contributed by atoms with Crippen molar-refractivity contribution < 1.29 is 0 Å². The zero-order valence-electron chi connectivity index (χ0n) is 8.74. The van der Waals surface area contributed by atoms with E-state index < -0.39 is 4.33 Å². The third-order valence-electron chi connectivity index (χ3n) is 2.47. The molecule has 0 saturated heterocycles. The topological polar surface area (TPSA) is 0 Å². The first-order valence-corrected chi connectivity index (χ1v) is 5.91. The van der Waals surface area contributed by atoms with Gasteiger partial charge in [0.25, 0.3) is 0 Å². The summed E-state index contributed by atoms with van der Waals surface area (Å²) in [5.41, 5.74) is 2.07. The highest BCUT2D eigenvalue weighted by molar-refractivity contribution is 6.48. The Morgan fingerprint density at radius 3 is 1.81 bits per heavy atom. The second-order valence-corrected chi connectivity index (χ2v) is 5.22. The van der Waals surface area contributed by atoms with Crippen molar-refractivity contribution in [2.24, 2.45) is 0 Å². The Labute approximate surface area is 106 Å². The van der Waals surface area contributed by atoms with Gasteiger partial charge < -0.3 is 0 Å². The minimum atomic E-state index is -0.859. The number of hydrogen-bond donors (Lipinski definition) is 0. The minimum Gasteiger partial charge on any atom is -0.0959 e. The van der Waals surface area contributed by atoms with E-state index >= 15 is 0 Å². The van der Waals surface area contributed by atoms with Crippen LogP contribution in [0.3, 0.4) is 0 Å². The quantitative estimate of drug-likeness (QED) is 0.701. The molecule has 0 saturated carbocycles. The Balaban J connectivity index is 2.21. The highest BCUT2D eigenvalue weighted by Gasteiger charge is 2.26. The maximum Gasteiger partial charge on any atom is 0.147 e. The molecule has 0 fully saturated rings. The molecule has 0 atom stereocenters. The predicted octanol–water partition coefficient (Wildman–Crippen LogP) is 4.56. The summed E-state index contributed by atoms with van der Waals surface area (Å²) in [5, 5.41) is 0. The molecular formula is C14H12Cl2. The smallest absolute Gasteiger partial charge is 0.0959 e. The Bertz CT molecular complexity index is 435. The van der Waals surface area contributed by atoms with Gasteiger partial charge in [-0.1, -0.05) is 83.9 Å². The third kappa shape index (κ3) is 2.78. The van der Waals surface area contributed by atoms with Gasteiger partial charge in [-0.05, 0) is 11.1 Å². The van der Waals surface area contributed by atoms with Gasteiger partial charge in [0.05, 0.1) is 0 Å². The van der Waals surface area contributed by atoms with Gasteiger partial charge in [0.1, 0.15) is 4.33 Å². The molecular weight excluding hydrogens is 239 g/mol. The van der Waals surface area contributed by atoms with E-state index in [4.69, 9.17) is 23.2 Å². The van der Waals surface area contributed by atoms with Crippen LogP contribution in [0.15, 0.2) is 60.7 Å². The van der Waals surface area contributed by atoms with Crippen LogP contribution in [0, 0.1) is 0 Å². The molecule has 0 unspecified atom stereocenters. The SMILES string of the molecule is ClC(Cl)(Cc1ccccc1)c1ccccc1. The maximum absolute atomic E-state index is 6.36. The Kier molecular flexibility index (Phi) is 3.52. The fourth-order valence-electron chi connectivity index (χ4n) is 1.64. The van der Waals surface area contributed by atoms with Gasteiger partial charge in [0.15, 0.2) is 0 Å². The molecule has 2 aromatic rings. The molecule has 0 aliphatic rings. The lowest BCUT2D eigenvalue weighted by Gasteiger charge is -2.20. The molecule has 82 valence electrons. The maximum atomic E-state index is 6.36. The van der Waals surface area contributed by atoms with Gasteiger partial charge in [0.2, 0.25) is 0 Å². The lowest BCUT2D eigenvalue weighted by atomic mass is 10.0. The number of benzene rings is 2. The fraction of sp³-hybridized carbons (Fsp3) is 0.143. The van der Waals surface area contributed by atoms with E-state index in [1.54, 1.807) is 0 Å². The van der Waals surface area contributed by atoms with Gasteiger partial charge in [-0.3, -0.25) is 0 Å². The van der Waals surface area contributed by atoms with Gasteiger partial charge >= 0.3 is 0 Å². The largest absolute Gasteiger partial charge is 0.147 e. The highest BCUT2D eigenvalue weighted by Crippen LogP contribution is 2.37. The second-order valence-electron chi connectivity index (χ2n) is 3.73. The zero-order valence-corrected chi connectivity index (χ0v) is 10.2. The number of hydrogen-bond acceptors (Lipinski definition) is 0. The lowest BCUT2D eigenvalue weighted by molar-refractivity contribution is 0.837. The van der Waals surface area contributed by atoms with E-state index in [0.29, 0.717) is 6.42 Å². The summed E-state index contributed by atoms with van der Waals surface area (Å²) >= 11 is 12.7. The minimum absolute atomic E-state index is 0.612. The van der Waals surface area contributed by atoms with Crippen LogP contribution in [0.1, 0.15) is 11.1 Å². The number of alkyl halides is 2. The van der Waals surface area contributed by atoms with E-state index in [2.05, 4.69) is 0 Å². The van der Waals surface area contributed by atoms with Gasteiger partial charge in [0, 0.05) is 6.42 Å². The zero-order chi connectivity index (χ0) is 11.4. The number of halogens is 2. The Hall–Kier alpha value is -0.980. The van der Waals surface area contributed by atoms with E-state index in [1.165, 1.54) is 0 Å². The summed E-state index contributed by atoms with van der Waals surface area (Å²) in [6.45, 7) is 0. The fourth-order valence-corrected chi connectivity index (χ4v) is 2.20. The normalized spacial score (nSPS) is 11.4. The van der Waals surface area contributed by atoms with Crippen LogP contribution in [-0.4, -0.2) is 0 Å². The first kappa shape index (κ1) is 11.5. The van der Waals surface area contributed by atoms with Gasteiger partial charge in [-0.15, -0.1) is 0 Å². The van der Waals surface area contributed by atoms with Crippen LogP contribution in [0.4, 0.5) is 0 Å². The van der Waals surface area contributed by atoms with Crippen molar-refractivity contribution >= 4 is 23.2 Å². The Morgan fingerprint density at radius 2 is 1.25 bits per heavy atom. The van der Waals surface area contributed by atoms with Crippen molar-refractivity contribution in [2.45, 2.75) is 10.8 Å². The molecule has 0 aromatic heterocycles. The average molecular weight is 251 g/mol. The molecule has 0 heterocycles. The van der Waals surface area contributed by atoms with Gasteiger partial charge in [-0.2, -0.15) is 0 Å². The van der Waals surface area contributed by atoms with E-state index in [0.717, 1.165) is 11.1 Å². The van der Waals surface area contributed by atoms with Crippen LogP contribution in [-0.2, 0) is 10.8 Å². The molecule has 0 N–H and O–H groups in total. The monoisotopic (exact) mass is 250 g/mol.